The highest BCUT2D eigenvalue weighted by Gasteiger charge is 2.85. The lowest BCUT2D eigenvalue weighted by atomic mass is 9.41. The minimum Gasteiger partial charge on any atom is -0.462 e. The van der Waals surface area contributed by atoms with E-state index >= 15 is 0 Å². The Bertz CT molecular complexity index is 1240. The highest BCUT2D eigenvalue weighted by molar-refractivity contribution is 5.86. The first-order valence-corrected chi connectivity index (χ1v) is 17.4. The summed E-state index contributed by atoms with van der Waals surface area (Å²) in [5, 5.41) is 0. The van der Waals surface area contributed by atoms with Crippen LogP contribution >= 0.6 is 0 Å². The van der Waals surface area contributed by atoms with Gasteiger partial charge in [-0.25, -0.2) is 0 Å². The van der Waals surface area contributed by atoms with Gasteiger partial charge in [0.1, 0.15) is 18.0 Å². The van der Waals surface area contributed by atoms with E-state index in [4.69, 9.17) is 18.9 Å². The van der Waals surface area contributed by atoms with Crippen LogP contribution in [0.25, 0.3) is 0 Å². The van der Waals surface area contributed by atoms with Crippen molar-refractivity contribution in [1.29, 1.82) is 0 Å². The zero-order valence-corrected chi connectivity index (χ0v) is 29.3. The first kappa shape index (κ1) is 32.5. The Morgan fingerprint density at radius 3 is 2.11 bits per heavy atom. The molecular formula is C37H58O7. The normalized spacial score (nSPS) is 48.3. The number of Topliss-reactive ketones (excluding diaryl/α,β-unsaturated/α-hetero) is 1. The highest BCUT2D eigenvalue weighted by atomic mass is 16.8. The predicted octanol–water partition coefficient (Wildman–Crippen LogP) is 7.42. The number of hydrogen-bond acceptors (Lipinski definition) is 7. The Kier molecular flexibility index (Phi) is 7.22. The summed E-state index contributed by atoms with van der Waals surface area (Å²) in [5.74, 6) is 0.204. The van der Waals surface area contributed by atoms with Gasteiger partial charge in [-0.2, -0.15) is 0 Å². The molecule has 0 aromatic carbocycles. The molecule has 6 rings (SSSR count). The summed E-state index contributed by atoms with van der Waals surface area (Å²) in [6.45, 7) is 22.8. The molecule has 0 aromatic rings. The number of ketones is 1. The van der Waals surface area contributed by atoms with Crippen molar-refractivity contribution in [3.63, 3.8) is 0 Å². The maximum atomic E-state index is 13.3. The van der Waals surface area contributed by atoms with Gasteiger partial charge < -0.3 is 18.9 Å². The smallest absolute Gasteiger partial charge is 0.302 e. The first-order chi connectivity index (χ1) is 20.2. The molecule has 44 heavy (non-hydrogen) atoms. The van der Waals surface area contributed by atoms with Crippen molar-refractivity contribution in [1.82, 2.24) is 0 Å². The standard InChI is InChI=1S/C37H58O7/c1-21(12-13-28-32(6,7)44-33(8,9)43-28)29-25(42-23(3)39)19-35(11)26-18-24(41-22(2)38)30-31(4,5)27(40)14-15-37(30)20-36(26,37)17-16-34(29,35)10/h21,24-26,28-30H,12-20H2,1-11H3/t21-,24-,25+,26+,28-,29+,30+,34-,35+,36+,37-/m1/s1. The molecule has 11 atom stereocenters. The van der Waals surface area contributed by atoms with Crippen LogP contribution in [-0.2, 0) is 33.3 Å². The molecule has 248 valence electrons. The lowest BCUT2D eigenvalue weighted by molar-refractivity contribution is -0.197. The summed E-state index contributed by atoms with van der Waals surface area (Å²) in [7, 11) is 0. The molecule has 5 aliphatic carbocycles. The van der Waals surface area contributed by atoms with Crippen molar-refractivity contribution in [3.05, 3.63) is 0 Å². The third kappa shape index (κ3) is 4.36. The molecule has 5 saturated carbocycles. The Hall–Kier alpha value is -1.47. The maximum Gasteiger partial charge on any atom is 0.302 e. The Labute approximate surface area is 265 Å². The molecule has 2 spiro atoms. The lowest BCUT2D eigenvalue weighted by Gasteiger charge is -2.63. The van der Waals surface area contributed by atoms with E-state index in [1.807, 2.05) is 13.8 Å². The Balaban J connectivity index is 1.34. The van der Waals surface area contributed by atoms with E-state index in [0.717, 1.165) is 51.4 Å². The summed E-state index contributed by atoms with van der Waals surface area (Å²) < 4.78 is 25.0. The summed E-state index contributed by atoms with van der Waals surface area (Å²) in [6.07, 6.45) is 7.95. The second kappa shape index (κ2) is 9.78. The van der Waals surface area contributed by atoms with E-state index in [2.05, 4.69) is 48.5 Å². The van der Waals surface area contributed by atoms with Crippen LogP contribution in [0.3, 0.4) is 0 Å². The van der Waals surface area contributed by atoms with Crippen LogP contribution in [0.15, 0.2) is 0 Å². The van der Waals surface area contributed by atoms with E-state index in [-0.39, 0.29) is 69.3 Å². The van der Waals surface area contributed by atoms with Crippen molar-refractivity contribution in [2.45, 2.75) is 164 Å². The van der Waals surface area contributed by atoms with Gasteiger partial charge in [-0.05, 0) is 113 Å². The molecule has 0 bridgehead atoms. The van der Waals surface area contributed by atoms with Gasteiger partial charge >= 0.3 is 11.9 Å². The molecule has 0 radical (unpaired) electrons. The van der Waals surface area contributed by atoms with E-state index in [0.29, 0.717) is 24.0 Å². The molecule has 0 aromatic heterocycles. The average molecular weight is 615 g/mol. The van der Waals surface area contributed by atoms with Gasteiger partial charge in [0.2, 0.25) is 0 Å². The number of fused-ring (bicyclic) bond motifs is 2. The Morgan fingerprint density at radius 1 is 0.886 bits per heavy atom. The van der Waals surface area contributed by atoms with E-state index in [1.165, 1.54) is 6.92 Å². The number of carbonyl (C=O) groups is 3. The van der Waals surface area contributed by atoms with Crippen LogP contribution in [0.4, 0.5) is 0 Å². The van der Waals surface area contributed by atoms with Gasteiger partial charge in [0.15, 0.2) is 5.79 Å². The van der Waals surface area contributed by atoms with Gasteiger partial charge in [0, 0.05) is 37.5 Å². The van der Waals surface area contributed by atoms with Crippen LogP contribution in [0.1, 0.15) is 134 Å². The van der Waals surface area contributed by atoms with Crippen LogP contribution in [-0.4, -0.2) is 47.4 Å². The van der Waals surface area contributed by atoms with Crippen molar-refractivity contribution < 1.29 is 33.3 Å². The SMILES string of the molecule is CC(=O)O[C@H]1C[C@@]2(C)[C@@H]3C[C@@H](OC(C)=O)[C@H]4C(C)(C)C(=O)CC[C@@]45C[C@@]35CC[C@]2(C)[C@H]1[C@H](C)CC[C@H]1OC(C)(C)OC1(C)C. The fourth-order valence-electron chi connectivity index (χ4n) is 13.1. The van der Waals surface area contributed by atoms with Crippen molar-refractivity contribution in [2.75, 3.05) is 0 Å². The maximum absolute atomic E-state index is 13.3. The van der Waals surface area contributed by atoms with Crippen LogP contribution in [0.2, 0.25) is 0 Å². The van der Waals surface area contributed by atoms with Gasteiger partial charge in [-0.3, -0.25) is 14.4 Å². The summed E-state index contributed by atoms with van der Waals surface area (Å²) in [6, 6.07) is 0. The Morgan fingerprint density at radius 2 is 1.52 bits per heavy atom. The van der Waals surface area contributed by atoms with Crippen LogP contribution < -0.4 is 0 Å². The summed E-state index contributed by atoms with van der Waals surface area (Å²) in [4.78, 5) is 38.4. The monoisotopic (exact) mass is 614 g/mol. The minimum atomic E-state index is -0.594. The molecule has 0 amide bonds. The second-order valence-corrected chi connectivity index (χ2v) is 18.0. The molecule has 0 N–H and O–H groups in total. The molecule has 6 aliphatic rings. The van der Waals surface area contributed by atoms with Gasteiger partial charge in [0.05, 0.1) is 11.7 Å². The minimum absolute atomic E-state index is 0.00537. The van der Waals surface area contributed by atoms with Gasteiger partial charge in [-0.15, -0.1) is 0 Å². The number of rotatable bonds is 6. The molecule has 7 nitrogen and oxygen atoms in total. The van der Waals surface area contributed by atoms with Gasteiger partial charge in [-0.1, -0.05) is 34.6 Å². The fourth-order valence-corrected chi connectivity index (χ4v) is 13.1. The largest absolute Gasteiger partial charge is 0.462 e. The molecule has 1 heterocycles. The zero-order chi connectivity index (χ0) is 32.5. The quantitative estimate of drug-likeness (QED) is 0.288. The zero-order valence-electron chi connectivity index (χ0n) is 29.3. The van der Waals surface area contributed by atoms with Crippen LogP contribution in [0, 0.1) is 50.7 Å². The molecule has 0 unspecified atom stereocenters. The van der Waals surface area contributed by atoms with Gasteiger partial charge in [0.25, 0.3) is 0 Å². The second-order valence-electron chi connectivity index (χ2n) is 18.0. The number of ether oxygens (including phenoxy) is 4. The first-order valence-electron chi connectivity index (χ1n) is 17.4. The number of carbonyl (C=O) groups excluding carboxylic acids is 3. The topological polar surface area (TPSA) is 88.1 Å². The predicted molar refractivity (Wildman–Crippen MR) is 166 cm³/mol. The third-order valence-electron chi connectivity index (χ3n) is 14.7. The van der Waals surface area contributed by atoms with Crippen molar-refractivity contribution in [2.24, 2.45) is 50.7 Å². The highest BCUT2D eigenvalue weighted by Crippen LogP contribution is 2.89. The van der Waals surface area contributed by atoms with E-state index in [9.17, 15) is 14.4 Å². The summed E-state index contributed by atoms with van der Waals surface area (Å²) in [5.41, 5.74) is -0.793. The van der Waals surface area contributed by atoms with Crippen LogP contribution in [0.5, 0.6) is 0 Å². The summed E-state index contributed by atoms with van der Waals surface area (Å²) >= 11 is 0. The molecular weight excluding hydrogens is 556 g/mol. The fraction of sp³-hybridized carbons (Fsp3) is 0.919. The van der Waals surface area contributed by atoms with Crippen molar-refractivity contribution >= 4 is 17.7 Å². The molecule has 7 heteroatoms. The third-order valence-corrected chi connectivity index (χ3v) is 14.7. The van der Waals surface area contributed by atoms with E-state index < -0.39 is 11.2 Å². The molecule has 1 saturated heterocycles. The van der Waals surface area contributed by atoms with E-state index in [1.54, 1.807) is 6.92 Å². The average Bonchev–Trinajstić information content (AvgIpc) is 3.38. The number of hydrogen-bond donors (Lipinski definition) is 0. The number of esters is 2. The lowest BCUT2D eigenvalue weighted by Crippen LogP contribution is -2.61. The van der Waals surface area contributed by atoms with Crippen molar-refractivity contribution in [3.8, 4) is 0 Å². The molecule has 1 aliphatic heterocycles. The molecule has 6 fully saturated rings.